The molecule has 0 atom stereocenters. The molecule has 2 heterocycles. The van der Waals surface area contributed by atoms with E-state index in [4.69, 9.17) is 4.74 Å². The number of nitrogens with one attached hydrogen (secondary N) is 1. The molecule has 0 saturated carbocycles. The zero-order chi connectivity index (χ0) is 23.5. The molecule has 4 aromatic rings. The topological polar surface area (TPSA) is 86.1 Å². The fraction of sp³-hybridized carbons (Fsp3) is 0.200. The van der Waals surface area contributed by atoms with E-state index in [2.05, 4.69) is 15.4 Å². The van der Waals surface area contributed by atoms with E-state index in [1.807, 2.05) is 67.9 Å². The molecule has 0 unspecified atom stereocenters. The standard InChI is InChI=1S/C25H24N4O3S/c1-15-23(17(3)29(28-15)20-8-6-5-7-9-20)27-22(31)14-32-21-12-10-19(11-13-21)25-26-16(2)24(33-25)18(4)30/h5-13H,14H2,1-4H3,(H,27,31). The SMILES string of the molecule is CC(=O)c1sc(-c2ccc(OCC(=O)Nc3c(C)nn(-c4ccccc4)c3C)cc2)nc1C. The minimum Gasteiger partial charge on any atom is -0.484 e. The van der Waals surface area contributed by atoms with Gasteiger partial charge in [0.15, 0.2) is 12.4 Å². The summed E-state index contributed by atoms with van der Waals surface area (Å²) in [5, 5.41) is 8.23. The van der Waals surface area contributed by atoms with Crippen LogP contribution in [-0.2, 0) is 4.79 Å². The predicted octanol–water partition coefficient (Wildman–Crippen LogP) is 5.14. The van der Waals surface area contributed by atoms with Crippen LogP contribution in [0.3, 0.4) is 0 Å². The van der Waals surface area contributed by atoms with Gasteiger partial charge >= 0.3 is 0 Å². The third kappa shape index (κ3) is 4.85. The number of aryl methyl sites for hydroxylation is 2. The largest absolute Gasteiger partial charge is 0.484 e. The van der Waals surface area contributed by atoms with Gasteiger partial charge in [0.05, 0.1) is 33.3 Å². The first-order valence-electron chi connectivity index (χ1n) is 10.5. The molecule has 0 aliphatic rings. The van der Waals surface area contributed by atoms with Crippen LogP contribution < -0.4 is 10.1 Å². The molecule has 4 rings (SSSR count). The van der Waals surface area contributed by atoms with E-state index >= 15 is 0 Å². The van der Waals surface area contributed by atoms with Gasteiger partial charge in [-0.1, -0.05) is 18.2 Å². The number of aromatic nitrogens is 3. The highest BCUT2D eigenvalue weighted by Gasteiger charge is 2.16. The Hall–Kier alpha value is -3.78. The molecular weight excluding hydrogens is 436 g/mol. The van der Waals surface area contributed by atoms with Crippen LogP contribution in [0.4, 0.5) is 5.69 Å². The van der Waals surface area contributed by atoms with Crippen molar-refractivity contribution >= 4 is 28.7 Å². The Morgan fingerprint density at radius 3 is 2.33 bits per heavy atom. The van der Waals surface area contributed by atoms with Crippen molar-refractivity contribution in [3.8, 4) is 22.0 Å². The van der Waals surface area contributed by atoms with Gasteiger partial charge in [0.1, 0.15) is 10.8 Å². The molecule has 33 heavy (non-hydrogen) atoms. The Morgan fingerprint density at radius 1 is 1.00 bits per heavy atom. The molecule has 0 radical (unpaired) electrons. The maximum atomic E-state index is 12.5. The maximum Gasteiger partial charge on any atom is 0.262 e. The summed E-state index contributed by atoms with van der Waals surface area (Å²) in [4.78, 5) is 29.3. The molecular formula is C25H24N4O3S. The molecule has 1 N–H and O–H groups in total. The summed E-state index contributed by atoms with van der Waals surface area (Å²) >= 11 is 1.38. The number of rotatable bonds is 7. The number of ether oxygens (including phenoxy) is 1. The Balaban J connectivity index is 1.39. The average molecular weight is 461 g/mol. The predicted molar refractivity (Wildman–Crippen MR) is 129 cm³/mol. The monoisotopic (exact) mass is 460 g/mol. The van der Waals surface area contributed by atoms with E-state index in [-0.39, 0.29) is 18.3 Å². The number of carbonyl (C=O) groups excluding carboxylic acids is 2. The summed E-state index contributed by atoms with van der Waals surface area (Å²) in [5.74, 6) is 0.323. The third-order valence-corrected chi connectivity index (χ3v) is 6.45. The lowest BCUT2D eigenvalue weighted by Crippen LogP contribution is -2.20. The normalized spacial score (nSPS) is 10.8. The van der Waals surface area contributed by atoms with Gasteiger partial charge < -0.3 is 10.1 Å². The van der Waals surface area contributed by atoms with Gasteiger partial charge in [-0.15, -0.1) is 11.3 Å². The highest BCUT2D eigenvalue weighted by molar-refractivity contribution is 7.17. The molecule has 2 aromatic heterocycles. The number of ketones is 1. The summed E-state index contributed by atoms with van der Waals surface area (Å²) in [6, 6.07) is 17.1. The van der Waals surface area contributed by atoms with E-state index in [1.165, 1.54) is 11.3 Å². The molecule has 0 aliphatic heterocycles. The molecule has 2 aromatic carbocycles. The Morgan fingerprint density at radius 2 is 1.70 bits per heavy atom. The number of nitrogens with zero attached hydrogens (tertiary/aromatic N) is 3. The summed E-state index contributed by atoms with van der Waals surface area (Å²) in [6.07, 6.45) is 0. The highest BCUT2D eigenvalue weighted by atomic mass is 32.1. The minimum atomic E-state index is -0.264. The first-order valence-corrected chi connectivity index (χ1v) is 11.3. The lowest BCUT2D eigenvalue weighted by atomic mass is 10.2. The summed E-state index contributed by atoms with van der Waals surface area (Å²) < 4.78 is 7.47. The number of hydrogen-bond acceptors (Lipinski definition) is 6. The van der Waals surface area contributed by atoms with Crippen molar-refractivity contribution in [3.05, 3.63) is 76.6 Å². The second-order valence-electron chi connectivity index (χ2n) is 7.64. The van der Waals surface area contributed by atoms with E-state index < -0.39 is 0 Å². The quantitative estimate of drug-likeness (QED) is 0.386. The number of amides is 1. The number of thiazole rings is 1. The third-order valence-electron chi connectivity index (χ3n) is 5.14. The Kier molecular flexibility index (Phi) is 6.37. The molecule has 7 nitrogen and oxygen atoms in total. The van der Waals surface area contributed by atoms with Crippen molar-refractivity contribution in [2.75, 3.05) is 11.9 Å². The maximum absolute atomic E-state index is 12.5. The van der Waals surface area contributed by atoms with Gasteiger partial charge in [0, 0.05) is 12.5 Å². The summed E-state index contributed by atoms with van der Waals surface area (Å²) in [7, 11) is 0. The molecule has 168 valence electrons. The first-order chi connectivity index (χ1) is 15.8. The van der Waals surface area contributed by atoms with Gasteiger partial charge in [-0.25, -0.2) is 9.67 Å². The molecule has 0 saturated heterocycles. The van der Waals surface area contributed by atoms with Crippen molar-refractivity contribution in [2.45, 2.75) is 27.7 Å². The van der Waals surface area contributed by atoms with Gasteiger partial charge in [-0.3, -0.25) is 9.59 Å². The number of Topliss-reactive ketones (excluding diaryl/α,β-unsaturated/α-hetero) is 1. The van der Waals surface area contributed by atoms with Crippen LogP contribution in [0.15, 0.2) is 54.6 Å². The van der Waals surface area contributed by atoms with E-state index in [1.54, 1.807) is 19.1 Å². The van der Waals surface area contributed by atoms with Gasteiger partial charge in [0.2, 0.25) is 0 Å². The number of benzene rings is 2. The number of carbonyl (C=O) groups is 2. The average Bonchev–Trinajstić information content (AvgIpc) is 3.33. The van der Waals surface area contributed by atoms with Crippen LogP contribution in [-0.4, -0.2) is 33.1 Å². The van der Waals surface area contributed by atoms with E-state index in [9.17, 15) is 9.59 Å². The molecule has 8 heteroatoms. The van der Waals surface area contributed by atoms with Crippen molar-refractivity contribution in [1.29, 1.82) is 0 Å². The van der Waals surface area contributed by atoms with E-state index in [0.29, 0.717) is 16.3 Å². The van der Waals surface area contributed by atoms with Crippen molar-refractivity contribution in [2.24, 2.45) is 0 Å². The second-order valence-corrected chi connectivity index (χ2v) is 8.64. The van der Waals surface area contributed by atoms with Crippen LogP contribution in [0.5, 0.6) is 5.75 Å². The minimum absolute atomic E-state index is 0.0157. The zero-order valence-electron chi connectivity index (χ0n) is 18.9. The lowest BCUT2D eigenvalue weighted by molar-refractivity contribution is -0.118. The Labute approximate surface area is 196 Å². The second kappa shape index (κ2) is 9.38. The van der Waals surface area contributed by atoms with Crippen LogP contribution in [0.25, 0.3) is 16.3 Å². The van der Waals surface area contributed by atoms with Crippen molar-refractivity contribution in [3.63, 3.8) is 0 Å². The Bertz CT molecular complexity index is 1310. The van der Waals surface area contributed by atoms with Gasteiger partial charge in [0.25, 0.3) is 5.91 Å². The number of hydrogen-bond donors (Lipinski definition) is 1. The van der Waals surface area contributed by atoms with Crippen molar-refractivity contribution in [1.82, 2.24) is 14.8 Å². The van der Waals surface area contributed by atoms with Crippen LogP contribution in [0.2, 0.25) is 0 Å². The van der Waals surface area contributed by atoms with Crippen molar-refractivity contribution < 1.29 is 14.3 Å². The fourth-order valence-corrected chi connectivity index (χ4v) is 4.48. The molecule has 0 fully saturated rings. The molecule has 1 amide bonds. The van der Waals surface area contributed by atoms with Gasteiger partial charge in [-0.2, -0.15) is 5.10 Å². The van der Waals surface area contributed by atoms with E-state index in [0.717, 1.165) is 33.3 Å². The first kappa shape index (κ1) is 22.4. The molecule has 0 bridgehead atoms. The summed E-state index contributed by atoms with van der Waals surface area (Å²) in [5.41, 5.74) is 4.83. The highest BCUT2D eigenvalue weighted by Crippen LogP contribution is 2.29. The summed E-state index contributed by atoms with van der Waals surface area (Å²) in [6.45, 7) is 7.03. The fourth-order valence-electron chi connectivity index (χ4n) is 3.51. The molecule has 0 spiro atoms. The number of para-hydroxylation sites is 1. The van der Waals surface area contributed by atoms with Crippen LogP contribution in [0, 0.1) is 20.8 Å². The lowest BCUT2D eigenvalue weighted by Gasteiger charge is -2.09. The zero-order valence-corrected chi connectivity index (χ0v) is 19.7. The van der Waals surface area contributed by atoms with Gasteiger partial charge in [-0.05, 0) is 57.2 Å². The van der Waals surface area contributed by atoms with Crippen LogP contribution >= 0.6 is 11.3 Å². The molecule has 0 aliphatic carbocycles. The smallest absolute Gasteiger partial charge is 0.262 e. The number of anilines is 1. The van der Waals surface area contributed by atoms with Crippen LogP contribution in [0.1, 0.15) is 33.7 Å².